The summed E-state index contributed by atoms with van der Waals surface area (Å²) in [5.74, 6) is 1.25. The van der Waals surface area contributed by atoms with E-state index in [-0.39, 0.29) is 17.4 Å². The van der Waals surface area contributed by atoms with Gasteiger partial charge in [-0.3, -0.25) is 9.69 Å². The van der Waals surface area contributed by atoms with Crippen LogP contribution in [0.1, 0.15) is 42.7 Å². The number of rotatable bonds is 10. The summed E-state index contributed by atoms with van der Waals surface area (Å²) in [5, 5.41) is 3.63. The van der Waals surface area contributed by atoms with Crippen LogP contribution < -0.4 is 14.8 Å². The molecule has 3 aromatic rings. The van der Waals surface area contributed by atoms with Crippen LogP contribution in [0.3, 0.4) is 0 Å². The molecule has 0 bridgehead atoms. The Morgan fingerprint density at radius 1 is 0.976 bits per heavy atom. The number of carbonyl (C=O) groups excluding carboxylic acids is 1. The summed E-state index contributed by atoms with van der Waals surface area (Å²) in [6, 6.07) is 11.0. The Morgan fingerprint density at radius 2 is 1.71 bits per heavy atom. The highest BCUT2D eigenvalue weighted by Gasteiger charge is 2.32. The molecule has 2 aliphatic rings. The van der Waals surface area contributed by atoms with Crippen molar-refractivity contribution in [2.75, 3.05) is 60.0 Å². The SMILES string of the molecule is COc1ccc(-c2[nH]c3ccc(C4CCN(CC(=O)NCCN5CCCC5)CC4)cc3c2CC(F)(F)F)cc1OC. The lowest BCUT2D eigenvalue weighted by molar-refractivity contribution is -0.127. The summed E-state index contributed by atoms with van der Waals surface area (Å²) >= 11 is 0. The third-order valence-electron chi connectivity index (χ3n) is 8.35. The van der Waals surface area contributed by atoms with E-state index in [0.717, 1.165) is 51.1 Å². The molecule has 10 heteroatoms. The number of alkyl halides is 3. The molecule has 0 saturated carbocycles. The second-order valence-corrected chi connectivity index (χ2v) is 11.1. The molecule has 3 heterocycles. The Hall–Kier alpha value is -3.24. The van der Waals surface area contributed by atoms with Gasteiger partial charge in [0.05, 0.1) is 32.9 Å². The summed E-state index contributed by atoms with van der Waals surface area (Å²) in [7, 11) is 3.02. The molecular weight excluding hydrogens is 533 g/mol. The first-order chi connectivity index (χ1) is 19.7. The number of carbonyl (C=O) groups is 1. The number of piperidine rings is 1. The van der Waals surface area contributed by atoms with Gasteiger partial charge in [0.1, 0.15) is 0 Å². The average molecular weight is 573 g/mol. The minimum atomic E-state index is -4.36. The zero-order valence-electron chi connectivity index (χ0n) is 23.8. The van der Waals surface area contributed by atoms with Crippen LogP contribution in [0.2, 0.25) is 0 Å². The van der Waals surface area contributed by atoms with Gasteiger partial charge in [-0.25, -0.2) is 0 Å². The number of nitrogens with one attached hydrogen (secondary N) is 2. The number of benzene rings is 2. The van der Waals surface area contributed by atoms with Gasteiger partial charge in [-0.2, -0.15) is 13.2 Å². The lowest BCUT2D eigenvalue weighted by Crippen LogP contribution is -2.42. The molecule has 0 radical (unpaired) electrons. The van der Waals surface area contributed by atoms with Gasteiger partial charge < -0.3 is 24.7 Å². The van der Waals surface area contributed by atoms with Crippen molar-refractivity contribution in [1.82, 2.24) is 20.1 Å². The maximum atomic E-state index is 13.8. The third-order valence-corrected chi connectivity index (χ3v) is 8.35. The van der Waals surface area contributed by atoms with Gasteiger partial charge >= 0.3 is 6.18 Å². The third kappa shape index (κ3) is 7.16. The van der Waals surface area contributed by atoms with E-state index in [9.17, 15) is 18.0 Å². The van der Waals surface area contributed by atoms with Crippen LogP contribution in [-0.4, -0.2) is 86.9 Å². The molecule has 2 fully saturated rings. The monoisotopic (exact) mass is 572 g/mol. The summed E-state index contributed by atoms with van der Waals surface area (Å²) < 4.78 is 52.0. The Bertz CT molecular complexity index is 1340. The highest BCUT2D eigenvalue weighted by atomic mass is 19.4. The minimum Gasteiger partial charge on any atom is -0.493 e. The minimum absolute atomic E-state index is 0.0517. The molecule has 2 N–H and O–H groups in total. The van der Waals surface area contributed by atoms with Gasteiger partial charge in [-0.05, 0) is 99.2 Å². The largest absolute Gasteiger partial charge is 0.493 e. The van der Waals surface area contributed by atoms with Gasteiger partial charge in [0.15, 0.2) is 11.5 Å². The molecule has 1 amide bonds. The quantitative estimate of drug-likeness (QED) is 0.343. The van der Waals surface area contributed by atoms with E-state index in [1.807, 2.05) is 18.2 Å². The Kier molecular flexibility index (Phi) is 9.09. The average Bonchev–Trinajstić information content (AvgIpc) is 3.60. The summed E-state index contributed by atoms with van der Waals surface area (Å²) in [6.07, 6.45) is -1.21. The van der Waals surface area contributed by atoms with E-state index < -0.39 is 12.6 Å². The molecule has 7 nitrogen and oxygen atoms in total. The highest BCUT2D eigenvalue weighted by Crippen LogP contribution is 2.40. The summed E-state index contributed by atoms with van der Waals surface area (Å²) in [6.45, 7) is 5.76. The van der Waals surface area contributed by atoms with Gasteiger partial charge in [-0.15, -0.1) is 0 Å². The van der Waals surface area contributed by atoms with Crippen molar-refractivity contribution in [3.63, 3.8) is 0 Å². The molecule has 2 aliphatic heterocycles. The molecule has 0 aliphatic carbocycles. The number of nitrogens with zero attached hydrogens (tertiary/aromatic N) is 2. The number of likely N-dealkylation sites (tertiary alicyclic amines) is 2. The number of aromatic nitrogens is 1. The molecule has 2 saturated heterocycles. The number of hydrogen-bond acceptors (Lipinski definition) is 5. The zero-order valence-corrected chi connectivity index (χ0v) is 23.8. The van der Waals surface area contributed by atoms with Crippen LogP contribution in [0.5, 0.6) is 11.5 Å². The molecule has 2 aromatic carbocycles. The standard InChI is InChI=1S/C31H39F3N4O3/c1-40-27-8-6-23(18-28(27)41-2)30-25(19-31(32,33)34)24-17-22(5-7-26(24)36-30)21-9-14-38(15-10-21)20-29(39)35-11-16-37-12-3-4-13-37/h5-8,17-18,21,36H,3-4,9-16,19-20H2,1-2H3,(H,35,39). The van der Waals surface area contributed by atoms with Crippen molar-refractivity contribution >= 4 is 16.8 Å². The number of methoxy groups -OCH3 is 2. The molecular formula is C31H39F3N4O3. The topological polar surface area (TPSA) is 69.8 Å². The smallest absolute Gasteiger partial charge is 0.393 e. The van der Waals surface area contributed by atoms with Crippen molar-refractivity contribution < 1.29 is 27.4 Å². The van der Waals surface area contributed by atoms with E-state index in [1.165, 1.54) is 27.1 Å². The van der Waals surface area contributed by atoms with Crippen molar-refractivity contribution in [1.29, 1.82) is 0 Å². The van der Waals surface area contributed by atoms with E-state index in [0.29, 0.717) is 46.7 Å². The molecule has 0 spiro atoms. The van der Waals surface area contributed by atoms with Crippen LogP contribution >= 0.6 is 0 Å². The van der Waals surface area contributed by atoms with E-state index in [1.54, 1.807) is 18.2 Å². The number of ether oxygens (including phenoxy) is 2. The number of aromatic amines is 1. The van der Waals surface area contributed by atoms with Gasteiger partial charge in [0, 0.05) is 29.6 Å². The van der Waals surface area contributed by atoms with Gasteiger partial charge in [0.25, 0.3) is 0 Å². The number of H-pyrrole nitrogens is 1. The zero-order chi connectivity index (χ0) is 29.0. The number of amides is 1. The van der Waals surface area contributed by atoms with E-state index in [2.05, 4.69) is 20.1 Å². The second-order valence-electron chi connectivity index (χ2n) is 11.1. The first-order valence-electron chi connectivity index (χ1n) is 14.4. The van der Waals surface area contributed by atoms with E-state index in [4.69, 9.17) is 9.47 Å². The second kappa shape index (κ2) is 12.7. The fraction of sp³-hybridized carbons (Fsp3) is 0.516. The van der Waals surface area contributed by atoms with Crippen LogP contribution in [0.25, 0.3) is 22.2 Å². The predicted octanol–water partition coefficient (Wildman–Crippen LogP) is 5.35. The van der Waals surface area contributed by atoms with Gasteiger partial charge in [-0.1, -0.05) is 6.07 Å². The van der Waals surface area contributed by atoms with Crippen molar-refractivity contribution in [3.05, 3.63) is 47.5 Å². The molecule has 0 atom stereocenters. The van der Waals surface area contributed by atoms with Crippen molar-refractivity contribution in [2.45, 2.75) is 44.2 Å². The predicted molar refractivity (Wildman–Crippen MR) is 154 cm³/mol. The molecule has 1 aromatic heterocycles. The molecule has 222 valence electrons. The lowest BCUT2D eigenvalue weighted by atomic mass is 9.88. The van der Waals surface area contributed by atoms with Gasteiger partial charge in [0.2, 0.25) is 5.91 Å². The fourth-order valence-corrected chi connectivity index (χ4v) is 6.18. The highest BCUT2D eigenvalue weighted by molar-refractivity contribution is 5.91. The Balaban J connectivity index is 1.28. The maximum Gasteiger partial charge on any atom is 0.393 e. The molecule has 0 unspecified atom stereocenters. The molecule has 41 heavy (non-hydrogen) atoms. The summed E-state index contributed by atoms with van der Waals surface area (Å²) in [4.78, 5) is 20.2. The van der Waals surface area contributed by atoms with Crippen LogP contribution in [-0.2, 0) is 11.2 Å². The van der Waals surface area contributed by atoms with Crippen LogP contribution in [0.4, 0.5) is 13.2 Å². The number of halogens is 3. The Labute approximate surface area is 239 Å². The fourth-order valence-electron chi connectivity index (χ4n) is 6.18. The first-order valence-corrected chi connectivity index (χ1v) is 14.4. The normalized spacial score (nSPS) is 17.3. The maximum absolute atomic E-state index is 13.8. The first kappa shape index (κ1) is 29.3. The van der Waals surface area contributed by atoms with Crippen LogP contribution in [0, 0.1) is 0 Å². The number of fused-ring (bicyclic) bond motifs is 1. The van der Waals surface area contributed by atoms with Crippen molar-refractivity contribution in [2.24, 2.45) is 0 Å². The van der Waals surface area contributed by atoms with Crippen LogP contribution in [0.15, 0.2) is 36.4 Å². The Morgan fingerprint density at radius 3 is 2.39 bits per heavy atom. The van der Waals surface area contributed by atoms with E-state index >= 15 is 0 Å². The number of hydrogen-bond donors (Lipinski definition) is 2. The van der Waals surface area contributed by atoms with Crippen molar-refractivity contribution in [3.8, 4) is 22.8 Å². The summed E-state index contributed by atoms with van der Waals surface area (Å²) in [5.41, 5.74) is 2.96. The molecule has 5 rings (SSSR count). The lowest BCUT2D eigenvalue weighted by Gasteiger charge is -2.31.